The number of benzene rings is 1. The maximum absolute atomic E-state index is 13.6. The van der Waals surface area contributed by atoms with Gasteiger partial charge in [-0.15, -0.1) is 0 Å². The molecule has 1 aromatic carbocycles. The summed E-state index contributed by atoms with van der Waals surface area (Å²) in [6.07, 6.45) is 1.19. The van der Waals surface area contributed by atoms with Crippen LogP contribution in [0.3, 0.4) is 0 Å². The molecule has 30 heavy (non-hydrogen) atoms. The Kier molecular flexibility index (Phi) is 7.16. The standard InChI is InChI=1S/C23H34N2O5/c1-22(2,3)30-21(28)25-14-7-11-18(25)20(27)23(12-8-13-24-23)19(26)16-29-15-17-9-5-4-6-10-17/h4-6,9-10,18-19,24,26H,7-8,11-16H2,1-3H3/t18-,19?,23-/m0/s1. The van der Waals surface area contributed by atoms with E-state index >= 15 is 0 Å². The number of nitrogens with zero attached hydrogens (tertiary/aromatic N) is 1. The van der Waals surface area contributed by atoms with Gasteiger partial charge in [0.1, 0.15) is 17.2 Å². The summed E-state index contributed by atoms with van der Waals surface area (Å²) in [7, 11) is 0. The number of hydrogen-bond donors (Lipinski definition) is 2. The first kappa shape index (κ1) is 22.7. The van der Waals surface area contributed by atoms with Gasteiger partial charge in [0.25, 0.3) is 0 Å². The van der Waals surface area contributed by atoms with Crippen LogP contribution in [0, 0.1) is 0 Å². The number of rotatable bonds is 7. The zero-order chi connectivity index (χ0) is 21.8. The largest absolute Gasteiger partial charge is 0.444 e. The van der Waals surface area contributed by atoms with E-state index in [4.69, 9.17) is 9.47 Å². The molecule has 0 spiro atoms. The van der Waals surface area contributed by atoms with E-state index in [2.05, 4.69) is 5.32 Å². The van der Waals surface area contributed by atoms with Crippen LogP contribution < -0.4 is 5.32 Å². The van der Waals surface area contributed by atoms with Crippen LogP contribution >= 0.6 is 0 Å². The molecule has 0 radical (unpaired) electrons. The van der Waals surface area contributed by atoms with E-state index in [1.54, 1.807) is 0 Å². The van der Waals surface area contributed by atoms with Gasteiger partial charge in [-0.3, -0.25) is 9.69 Å². The molecule has 7 heteroatoms. The Balaban J connectivity index is 1.67. The number of nitrogens with one attached hydrogen (secondary N) is 1. The minimum absolute atomic E-state index is 0.0484. The van der Waals surface area contributed by atoms with Crippen molar-refractivity contribution < 1.29 is 24.2 Å². The van der Waals surface area contributed by atoms with Gasteiger partial charge in [-0.2, -0.15) is 0 Å². The van der Waals surface area contributed by atoms with Gasteiger partial charge in [0.15, 0.2) is 5.78 Å². The third kappa shape index (κ3) is 5.20. The molecule has 2 aliphatic rings. The fraction of sp³-hybridized carbons (Fsp3) is 0.652. The number of ketones is 1. The molecule has 2 saturated heterocycles. The number of likely N-dealkylation sites (tertiary alicyclic amines) is 1. The summed E-state index contributed by atoms with van der Waals surface area (Å²) in [6.45, 7) is 6.99. The van der Waals surface area contributed by atoms with Crippen LogP contribution in [0.2, 0.25) is 0 Å². The molecule has 1 amide bonds. The van der Waals surface area contributed by atoms with Crippen LogP contribution in [0.15, 0.2) is 30.3 Å². The van der Waals surface area contributed by atoms with Crippen LogP contribution in [-0.2, 0) is 20.9 Å². The van der Waals surface area contributed by atoms with E-state index in [-0.39, 0.29) is 12.4 Å². The first-order chi connectivity index (χ1) is 14.2. The van der Waals surface area contributed by atoms with Crippen molar-refractivity contribution in [2.45, 2.75) is 76.3 Å². The van der Waals surface area contributed by atoms with Crippen molar-refractivity contribution in [2.24, 2.45) is 0 Å². The Labute approximate surface area is 178 Å². The molecule has 2 N–H and O–H groups in total. The number of ether oxygens (including phenoxy) is 2. The summed E-state index contributed by atoms with van der Waals surface area (Å²) in [4.78, 5) is 27.8. The predicted octanol–water partition coefficient (Wildman–Crippen LogP) is 2.65. The molecule has 2 heterocycles. The van der Waals surface area contributed by atoms with Gasteiger partial charge in [-0.05, 0) is 58.6 Å². The number of hydrogen-bond acceptors (Lipinski definition) is 6. The molecule has 0 aromatic heterocycles. The quantitative estimate of drug-likeness (QED) is 0.708. The zero-order valence-corrected chi connectivity index (χ0v) is 18.2. The number of Topliss-reactive ketones (excluding diaryl/α,β-unsaturated/α-hetero) is 1. The highest BCUT2D eigenvalue weighted by Crippen LogP contribution is 2.32. The van der Waals surface area contributed by atoms with Crippen LogP contribution in [0.1, 0.15) is 52.0 Å². The first-order valence-electron chi connectivity index (χ1n) is 10.8. The van der Waals surface area contributed by atoms with Gasteiger partial charge in [0, 0.05) is 6.54 Å². The van der Waals surface area contributed by atoms with E-state index < -0.39 is 29.4 Å². The van der Waals surface area contributed by atoms with Crippen LogP contribution in [0.5, 0.6) is 0 Å². The number of aliphatic hydroxyl groups excluding tert-OH is 1. The lowest BCUT2D eigenvalue weighted by Crippen LogP contribution is -2.63. The van der Waals surface area contributed by atoms with Crippen molar-refractivity contribution in [3.05, 3.63) is 35.9 Å². The van der Waals surface area contributed by atoms with E-state index in [0.717, 1.165) is 18.4 Å². The molecule has 3 atom stereocenters. The third-order valence-corrected chi connectivity index (χ3v) is 5.77. The smallest absolute Gasteiger partial charge is 0.410 e. The SMILES string of the molecule is CC(C)(C)OC(=O)N1CCC[C@H]1C(=O)[C@@]1(C(O)COCc2ccccc2)CCCN1. The van der Waals surface area contributed by atoms with Crippen molar-refractivity contribution >= 4 is 11.9 Å². The second kappa shape index (κ2) is 9.45. The van der Waals surface area contributed by atoms with Crippen molar-refractivity contribution in [1.29, 1.82) is 0 Å². The molecular weight excluding hydrogens is 384 g/mol. The summed E-state index contributed by atoms with van der Waals surface area (Å²) in [5.41, 5.74) is -0.704. The zero-order valence-electron chi connectivity index (χ0n) is 18.2. The van der Waals surface area contributed by atoms with Crippen molar-refractivity contribution in [1.82, 2.24) is 10.2 Å². The highest BCUT2D eigenvalue weighted by Gasteiger charge is 2.52. The van der Waals surface area contributed by atoms with Crippen LogP contribution in [0.4, 0.5) is 4.79 Å². The Morgan fingerprint density at radius 2 is 2.00 bits per heavy atom. The van der Waals surface area contributed by atoms with E-state index in [1.165, 1.54) is 4.90 Å². The molecule has 3 rings (SSSR count). The maximum Gasteiger partial charge on any atom is 0.410 e. The number of amides is 1. The van der Waals surface area contributed by atoms with E-state index in [9.17, 15) is 14.7 Å². The normalized spacial score (nSPS) is 25.3. The topological polar surface area (TPSA) is 88.1 Å². The molecule has 7 nitrogen and oxygen atoms in total. The first-order valence-corrected chi connectivity index (χ1v) is 10.8. The lowest BCUT2D eigenvalue weighted by molar-refractivity contribution is -0.136. The molecule has 0 bridgehead atoms. The number of aliphatic hydroxyl groups is 1. The fourth-order valence-electron chi connectivity index (χ4n) is 4.31. The average Bonchev–Trinajstić information content (AvgIpc) is 3.37. The molecular formula is C23H34N2O5. The number of carbonyl (C=O) groups is 2. The second-order valence-electron chi connectivity index (χ2n) is 9.21. The van der Waals surface area contributed by atoms with Crippen LogP contribution in [-0.4, -0.2) is 64.9 Å². The van der Waals surface area contributed by atoms with Crippen molar-refractivity contribution in [3.63, 3.8) is 0 Å². The Hall–Kier alpha value is -1.96. The number of carbonyl (C=O) groups excluding carboxylic acids is 2. The molecule has 166 valence electrons. The summed E-state index contributed by atoms with van der Waals surface area (Å²) in [5.74, 6) is -0.140. The van der Waals surface area contributed by atoms with E-state index in [1.807, 2.05) is 51.1 Å². The summed E-state index contributed by atoms with van der Waals surface area (Å²) < 4.78 is 11.2. The molecule has 0 saturated carbocycles. The third-order valence-electron chi connectivity index (χ3n) is 5.77. The Morgan fingerprint density at radius 3 is 2.63 bits per heavy atom. The van der Waals surface area contributed by atoms with Gasteiger partial charge < -0.3 is 19.9 Å². The van der Waals surface area contributed by atoms with Gasteiger partial charge in [-0.1, -0.05) is 30.3 Å². The van der Waals surface area contributed by atoms with Gasteiger partial charge in [-0.25, -0.2) is 4.79 Å². The fourth-order valence-corrected chi connectivity index (χ4v) is 4.31. The highest BCUT2D eigenvalue weighted by atomic mass is 16.6. The highest BCUT2D eigenvalue weighted by molar-refractivity contribution is 5.96. The molecule has 2 aliphatic heterocycles. The van der Waals surface area contributed by atoms with Gasteiger partial charge >= 0.3 is 6.09 Å². The molecule has 1 aromatic rings. The minimum Gasteiger partial charge on any atom is -0.444 e. The Morgan fingerprint density at radius 1 is 1.27 bits per heavy atom. The van der Waals surface area contributed by atoms with Crippen molar-refractivity contribution in [3.8, 4) is 0 Å². The average molecular weight is 419 g/mol. The molecule has 1 unspecified atom stereocenters. The summed E-state index contributed by atoms with van der Waals surface area (Å²) >= 11 is 0. The van der Waals surface area contributed by atoms with Gasteiger partial charge in [0.2, 0.25) is 0 Å². The predicted molar refractivity (Wildman–Crippen MR) is 113 cm³/mol. The maximum atomic E-state index is 13.6. The monoisotopic (exact) mass is 418 g/mol. The summed E-state index contributed by atoms with van der Waals surface area (Å²) in [6, 6.07) is 9.13. The van der Waals surface area contributed by atoms with Crippen molar-refractivity contribution in [2.75, 3.05) is 19.7 Å². The second-order valence-corrected chi connectivity index (χ2v) is 9.21. The lowest BCUT2D eigenvalue weighted by atomic mass is 9.82. The van der Waals surface area contributed by atoms with Crippen LogP contribution in [0.25, 0.3) is 0 Å². The van der Waals surface area contributed by atoms with E-state index in [0.29, 0.717) is 32.5 Å². The lowest BCUT2D eigenvalue weighted by Gasteiger charge is -2.37. The molecule has 2 fully saturated rings. The summed E-state index contributed by atoms with van der Waals surface area (Å²) in [5, 5.41) is 14.2. The molecule has 0 aliphatic carbocycles. The minimum atomic E-state index is -1.09. The van der Waals surface area contributed by atoms with Gasteiger partial charge in [0.05, 0.1) is 19.3 Å². The Bertz CT molecular complexity index is 725.